The van der Waals surface area contributed by atoms with Gasteiger partial charge in [-0.25, -0.2) is 9.97 Å². The number of rotatable bonds is 20. The zero-order chi connectivity index (χ0) is 41.9. The van der Waals surface area contributed by atoms with Gasteiger partial charge in [-0.1, -0.05) is 53.0 Å². The van der Waals surface area contributed by atoms with Crippen LogP contribution in [0.3, 0.4) is 0 Å². The molecule has 2 aliphatic rings. The first-order valence-electron chi connectivity index (χ1n) is 21.4. The van der Waals surface area contributed by atoms with Crippen molar-refractivity contribution >= 4 is 68.3 Å². The van der Waals surface area contributed by atoms with E-state index in [-0.39, 0.29) is 11.8 Å². The van der Waals surface area contributed by atoms with Crippen molar-refractivity contribution in [1.82, 2.24) is 40.4 Å². The Morgan fingerprint density at radius 2 is 1.00 bits per heavy atom. The highest BCUT2D eigenvalue weighted by Crippen LogP contribution is 2.38. The molecule has 2 aliphatic heterocycles. The highest BCUT2D eigenvalue weighted by atomic mass is 16.2. The number of nitrogens with one attached hydrogen (secondary N) is 4. The summed E-state index contributed by atoms with van der Waals surface area (Å²) >= 11 is 0. The minimum atomic E-state index is 0.0338. The first kappa shape index (κ1) is 44.1. The molecular weight excluding hydrogens is 721 g/mol. The first-order valence-corrected chi connectivity index (χ1v) is 21.4. The molecule has 0 radical (unpaired) electrons. The third kappa shape index (κ3) is 10.3. The number of carbonyl (C=O) groups excluding carboxylic acids is 2. The molecule has 0 saturated carbocycles. The average molecular weight is 787 g/mol. The van der Waals surface area contributed by atoms with Crippen LogP contribution in [0.5, 0.6) is 0 Å². The highest BCUT2D eigenvalue weighted by Gasteiger charge is 2.23. The Morgan fingerprint density at radius 1 is 0.603 bits per heavy atom. The number of amides is 2. The monoisotopic (exact) mass is 787 g/mol. The molecule has 0 saturated heterocycles. The number of carbonyl (C=O) groups is 2. The largest absolute Gasteiger partial charge is 0.356 e. The van der Waals surface area contributed by atoms with Gasteiger partial charge in [0.1, 0.15) is 0 Å². The Hall–Kier alpha value is -5.06. The molecule has 5 rings (SSSR count). The molecule has 0 fully saturated rings. The van der Waals surface area contributed by atoms with E-state index in [2.05, 4.69) is 123 Å². The van der Waals surface area contributed by atoms with E-state index in [9.17, 15) is 9.59 Å². The number of hydrogen-bond acceptors (Lipinski definition) is 6. The van der Waals surface area contributed by atoms with E-state index in [0.29, 0.717) is 38.8 Å². The van der Waals surface area contributed by atoms with Crippen LogP contribution in [0.25, 0.3) is 56.5 Å². The summed E-state index contributed by atoms with van der Waals surface area (Å²) in [6, 6.07) is 8.38. The Labute approximate surface area is 346 Å². The van der Waals surface area contributed by atoms with Gasteiger partial charge in [0, 0.05) is 59.1 Å². The maximum Gasteiger partial charge on any atom is 0.220 e. The van der Waals surface area contributed by atoms with Gasteiger partial charge in [-0.2, -0.15) is 0 Å². The average Bonchev–Trinajstić information content (AvgIpc) is 3.88. The van der Waals surface area contributed by atoms with Crippen molar-refractivity contribution in [3.8, 4) is 0 Å². The van der Waals surface area contributed by atoms with E-state index in [1.807, 2.05) is 12.2 Å². The number of aryl methyl sites for hydroxylation is 2. The summed E-state index contributed by atoms with van der Waals surface area (Å²) in [4.78, 5) is 48.9. The van der Waals surface area contributed by atoms with Crippen molar-refractivity contribution in [3.05, 3.63) is 82.5 Å². The van der Waals surface area contributed by atoms with Gasteiger partial charge in [-0.15, -0.1) is 0 Å². The molecule has 10 nitrogen and oxygen atoms in total. The second-order valence-corrected chi connectivity index (χ2v) is 15.4. The van der Waals surface area contributed by atoms with Crippen LogP contribution in [0.4, 0.5) is 0 Å². The second-order valence-electron chi connectivity index (χ2n) is 15.4. The minimum Gasteiger partial charge on any atom is -0.356 e. The van der Waals surface area contributed by atoms with E-state index in [0.717, 1.165) is 141 Å². The van der Waals surface area contributed by atoms with Crippen LogP contribution in [0.15, 0.2) is 37.4 Å². The lowest BCUT2D eigenvalue weighted by Gasteiger charge is -2.17. The molecule has 0 aromatic carbocycles. The lowest BCUT2D eigenvalue weighted by atomic mass is 9.98. The number of fused-ring (bicyclic) bond motifs is 8. The van der Waals surface area contributed by atoms with Crippen LogP contribution in [0, 0.1) is 13.8 Å². The fourth-order valence-electron chi connectivity index (χ4n) is 8.10. The van der Waals surface area contributed by atoms with Gasteiger partial charge >= 0.3 is 0 Å². The minimum absolute atomic E-state index is 0.0338. The Morgan fingerprint density at radius 3 is 1.41 bits per heavy atom. The third-order valence-electron chi connectivity index (χ3n) is 12.0. The predicted molar refractivity (Wildman–Crippen MR) is 245 cm³/mol. The van der Waals surface area contributed by atoms with Crippen molar-refractivity contribution in [2.45, 2.75) is 93.9 Å². The van der Waals surface area contributed by atoms with Gasteiger partial charge in [0.05, 0.1) is 22.8 Å². The normalized spacial score (nSPS) is 12.9. The molecule has 8 bridgehead atoms. The molecule has 3 aromatic heterocycles. The molecule has 0 spiro atoms. The lowest BCUT2D eigenvalue weighted by molar-refractivity contribution is -0.121. The Bertz CT molecular complexity index is 2230. The molecule has 0 atom stereocenters. The Balaban J connectivity index is 1.58. The molecular formula is C48H66N8O2. The molecule has 310 valence electrons. The van der Waals surface area contributed by atoms with Crippen LogP contribution in [-0.4, -0.2) is 93.9 Å². The van der Waals surface area contributed by atoms with Crippen LogP contribution in [0.1, 0.15) is 125 Å². The van der Waals surface area contributed by atoms with E-state index in [4.69, 9.17) is 9.97 Å². The SMILES string of the molecule is C=Cc1c(C)c2cc3[nH]c(cc4nc(cc5nc(cc1[nH]2)C(C)=C5CCC(=O)NCCCN(CC)CC)C(CCC(=O)NCCCN(CC)CC)=C4C)c(C)c3C=C. The standard InChI is InChI=1S/C48H66N8O2/c1-11-35-31(7)39-27-40-33(9)37(19-21-47(57)49-23-17-25-55(13-3)14-4)45(53-40)30-46-38(20-22-48(58)50-24-18-26-56(15-5)16-6)34(10)42(54-46)29-44-36(12-2)32(8)41(52-44)28-43(35)51-39/h11-12,27-30,51-52H,1-2,13-26H2,3-10H3,(H,49,57)(H,50,58). The van der Waals surface area contributed by atoms with Gasteiger partial charge in [-0.3, -0.25) is 9.59 Å². The summed E-state index contributed by atoms with van der Waals surface area (Å²) in [5.41, 5.74) is 15.3. The molecule has 0 unspecified atom stereocenters. The van der Waals surface area contributed by atoms with E-state index in [1.54, 1.807) is 0 Å². The van der Waals surface area contributed by atoms with E-state index in [1.165, 1.54) is 0 Å². The zero-order valence-electron chi connectivity index (χ0n) is 36.4. The van der Waals surface area contributed by atoms with Crippen LogP contribution in [0.2, 0.25) is 0 Å². The first-order chi connectivity index (χ1) is 28.0. The lowest BCUT2D eigenvalue weighted by Crippen LogP contribution is -2.29. The number of aromatic amines is 2. The summed E-state index contributed by atoms with van der Waals surface area (Å²) < 4.78 is 0. The summed E-state index contributed by atoms with van der Waals surface area (Å²) in [5, 5.41) is 6.29. The Kier molecular flexibility index (Phi) is 15.6. The number of nitrogens with zero attached hydrogens (tertiary/aromatic N) is 4. The molecule has 10 heteroatoms. The predicted octanol–water partition coefficient (Wildman–Crippen LogP) is 9.34. The summed E-state index contributed by atoms with van der Waals surface area (Å²) in [7, 11) is 0. The van der Waals surface area contributed by atoms with E-state index >= 15 is 0 Å². The van der Waals surface area contributed by atoms with E-state index < -0.39 is 0 Å². The quantitative estimate of drug-likeness (QED) is 0.0848. The van der Waals surface area contributed by atoms with Gasteiger partial charge in [-0.05, 0) is 150 Å². The highest BCUT2D eigenvalue weighted by molar-refractivity contribution is 5.97. The molecule has 5 heterocycles. The number of allylic oxidation sites excluding steroid dienone is 4. The molecule has 2 amide bonds. The smallest absolute Gasteiger partial charge is 0.220 e. The summed E-state index contributed by atoms with van der Waals surface area (Å²) in [6.07, 6.45) is 7.40. The van der Waals surface area contributed by atoms with Crippen molar-refractivity contribution in [1.29, 1.82) is 0 Å². The number of hydrogen-bond donors (Lipinski definition) is 4. The number of H-pyrrole nitrogens is 2. The van der Waals surface area contributed by atoms with Crippen molar-refractivity contribution in [3.63, 3.8) is 0 Å². The van der Waals surface area contributed by atoms with Gasteiger partial charge in [0.2, 0.25) is 11.8 Å². The molecule has 58 heavy (non-hydrogen) atoms. The van der Waals surface area contributed by atoms with Gasteiger partial charge in [0.25, 0.3) is 0 Å². The molecule has 0 aliphatic carbocycles. The maximum absolute atomic E-state index is 13.2. The third-order valence-corrected chi connectivity index (χ3v) is 12.0. The topological polar surface area (TPSA) is 122 Å². The van der Waals surface area contributed by atoms with Crippen LogP contribution >= 0.6 is 0 Å². The second kappa shape index (κ2) is 20.6. The zero-order valence-corrected chi connectivity index (χ0v) is 36.4. The van der Waals surface area contributed by atoms with Crippen molar-refractivity contribution in [2.75, 3.05) is 52.4 Å². The molecule has 3 aromatic rings. The summed E-state index contributed by atoms with van der Waals surface area (Å²) in [6.45, 7) is 32.6. The molecule has 4 N–H and O–H groups in total. The van der Waals surface area contributed by atoms with Crippen LogP contribution < -0.4 is 10.6 Å². The van der Waals surface area contributed by atoms with Crippen molar-refractivity contribution in [2.24, 2.45) is 0 Å². The maximum atomic E-state index is 13.2. The fraction of sp³-hybridized carbons (Fsp3) is 0.458. The number of aromatic nitrogens is 4. The van der Waals surface area contributed by atoms with Gasteiger partial charge in [0.15, 0.2) is 0 Å². The summed E-state index contributed by atoms with van der Waals surface area (Å²) in [5.74, 6) is 0.0685. The van der Waals surface area contributed by atoms with Crippen molar-refractivity contribution < 1.29 is 9.59 Å². The van der Waals surface area contributed by atoms with Crippen LogP contribution in [-0.2, 0) is 9.59 Å². The van der Waals surface area contributed by atoms with Gasteiger partial charge < -0.3 is 30.4 Å². The fourth-order valence-corrected chi connectivity index (χ4v) is 8.10.